The molecule has 4 aliphatic rings. The Morgan fingerprint density at radius 1 is 0.745 bits per heavy atom. The highest BCUT2D eigenvalue weighted by Crippen LogP contribution is 2.50. The van der Waals surface area contributed by atoms with Crippen LogP contribution in [-0.2, 0) is 25.6 Å². The molecule has 2 N–H and O–H groups in total. The van der Waals surface area contributed by atoms with Gasteiger partial charge in [0.05, 0.1) is 12.1 Å². The Bertz CT molecular complexity index is 1890. The monoisotopic (exact) mass is 802 g/mol. The van der Waals surface area contributed by atoms with Crippen molar-refractivity contribution in [3.63, 3.8) is 0 Å². The third-order valence-electron chi connectivity index (χ3n) is 11.8. The van der Waals surface area contributed by atoms with Crippen LogP contribution in [0.4, 0.5) is 0 Å². The van der Waals surface area contributed by atoms with E-state index in [-0.39, 0.29) is 71.2 Å². The average Bonchev–Trinajstić information content (AvgIpc) is 4.09. The zero-order valence-electron chi connectivity index (χ0n) is 32.1. The predicted molar refractivity (Wildman–Crippen MR) is 220 cm³/mol. The van der Waals surface area contributed by atoms with Gasteiger partial charge in [-0.1, -0.05) is 92.5 Å². The van der Waals surface area contributed by atoms with Crippen molar-refractivity contribution in [2.75, 3.05) is 25.1 Å². The lowest BCUT2D eigenvalue weighted by molar-refractivity contribution is -0.146. The second-order valence-corrected chi connectivity index (χ2v) is 18.4. The molecule has 0 radical (unpaired) electrons. The molecular weight excluding hydrogens is 751 g/mol. The van der Waals surface area contributed by atoms with E-state index in [2.05, 4.69) is 43.5 Å². The van der Waals surface area contributed by atoms with Gasteiger partial charge in [0, 0.05) is 40.7 Å². The van der Waals surface area contributed by atoms with Crippen molar-refractivity contribution < 1.29 is 19.2 Å². The van der Waals surface area contributed by atoms with E-state index in [1.165, 1.54) is 0 Å². The molecule has 2 aliphatic heterocycles. The molecule has 3 aromatic carbocycles. The summed E-state index contributed by atoms with van der Waals surface area (Å²) in [5.74, 6) is 1.04. The molecule has 292 valence electrons. The number of hydrogen-bond acceptors (Lipinski definition) is 5. The first-order valence-corrected chi connectivity index (χ1v) is 21.9. The number of hydrogen-bond donors (Lipinski definition) is 2. The van der Waals surface area contributed by atoms with Crippen molar-refractivity contribution in [3.05, 3.63) is 105 Å². The summed E-state index contributed by atoms with van der Waals surface area (Å²) in [6, 6.07) is 22.2. The first-order chi connectivity index (χ1) is 26.4. The highest BCUT2D eigenvalue weighted by molar-refractivity contribution is 7.98. The first-order valence-electron chi connectivity index (χ1n) is 19.7. The molecule has 0 spiro atoms. The number of nitrogens with one attached hydrogen (secondary N) is 2. The molecule has 0 bridgehead atoms. The molecule has 9 atom stereocenters. The van der Waals surface area contributed by atoms with E-state index in [1.807, 2.05) is 76.7 Å². The second kappa shape index (κ2) is 16.9. The number of carbonyl (C=O) groups is 4. The van der Waals surface area contributed by atoms with Crippen molar-refractivity contribution >= 4 is 58.6 Å². The number of rotatable bonds is 13. The van der Waals surface area contributed by atoms with Crippen LogP contribution in [0.15, 0.2) is 72.8 Å². The molecule has 2 aliphatic carbocycles. The van der Waals surface area contributed by atoms with Crippen LogP contribution in [0.1, 0.15) is 86.6 Å². The smallest absolute Gasteiger partial charge is 0.243 e. The van der Waals surface area contributed by atoms with Gasteiger partial charge in [0.1, 0.15) is 12.1 Å². The quantitative estimate of drug-likeness (QED) is 0.185. The summed E-state index contributed by atoms with van der Waals surface area (Å²) in [5.41, 5.74) is 4.26. The van der Waals surface area contributed by atoms with E-state index >= 15 is 0 Å². The largest absolute Gasteiger partial charge is 0.349 e. The molecule has 3 aromatic rings. The normalized spacial score (nSPS) is 28.1. The van der Waals surface area contributed by atoms with Crippen LogP contribution in [0.5, 0.6) is 0 Å². The fourth-order valence-electron chi connectivity index (χ4n) is 8.84. The topological polar surface area (TPSA) is 98.8 Å². The Kier molecular flexibility index (Phi) is 12.2. The Morgan fingerprint density at radius 3 is 1.85 bits per heavy atom. The Balaban J connectivity index is 1.03. The fourth-order valence-corrected chi connectivity index (χ4v) is 9.68. The maximum absolute atomic E-state index is 14.1. The highest BCUT2D eigenvalue weighted by Gasteiger charge is 2.51. The van der Waals surface area contributed by atoms with Crippen molar-refractivity contribution in [1.82, 2.24) is 20.4 Å². The van der Waals surface area contributed by atoms with Gasteiger partial charge in [-0.3, -0.25) is 19.2 Å². The minimum Gasteiger partial charge on any atom is -0.349 e. The molecule has 2 saturated carbocycles. The van der Waals surface area contributed by atoms with Crippen molar-refractivity contribution in [3.8, 4) is 0 Å². The summed E-state index contributed by atoms with van der Waals surface area (Å²) in [5, 5.41) is 7.79. The van der Waals surface area contributed by atoms with Crippen molar-refractivity contribution in [2.24, 2.45) is 23.7 Å². The van der Waals surface area contributed by atoms with Crippen molar-refractivity contribution in [2.45, 2.75) is 88.9 Å². The summed E-state index contributed by atoms with van der Waals surface area (Å²) in [4.78, 5) is 59.2. The number of halogens is 2. The minimum absolute atomic E-state index is 0.0468. The maximum atomic E-state index is 14.1. The molecule has 4 amide bonds. The summed E-state index contributed by atoms with van der Waals surface area (Å²) >= 11 is 13.9. The number of piperazine rings is 2. The predicted octanol–water partition coefficient (Wildman–Crippen LogP) is 7.64. The highest BCUT2D eigenvalue weighted by atomic mass is 35.5. The van der Waals surface area contributed by atoms with E-state index in [0.29, 0.717) is 42.4 Å². The van der Waals surface area contributed by atoms with Gasteiger partial charge in [-0.25, -0.2) is 0 Å². The molecule has 55 heavy (non-hydrogen) atoms. The third-order valence-corrected chi connectivity index (χ3v) is 13.1. The van der Waals surface area contributed by atoms with Gasteiger partial charge in [-0.05, 0) is 109 Å². The van der Waals surface area contributed by atoms with E-state index in [1.54, 1.807) is 11.8 Å². The molecule has 4 fully saturated rings. The van der Waals surface area contributed by atoms with E-state index in [4.69, 9.17) is 23.2 Å². The molecule has 9 unspecified atom stereocenters. The summed E-state index contributed by atoms with van der Waals surface area (Å²) in [6.07, 6.45) is 5.42. The van der Waals surface area contributed by atoms with E-state index < -0.39 is 12.1 Å². The Morgan fingerprint density at radius 2 is 1.29 bits per heavy atom. The van der Waals surface area contributed by atoms with Crippen LogP contribution >= 0.6 is 35.0 Å². The van der Waals surface area contributed by atoms with Gasteiger partial charge >= 0.3 is 0 Å². The number of nitrogens with zero attached hydrogens (tertiary/aromatic N) is 2. The fraction of sp³-hybridized carbons (Fsp3) is 0.500. The molecule has 7 rings (SSSR count). The van der Waals surface area contributed by atoms with Crippen LogP contribution in [0.25, 0.3) is 0 Å². The van der Waals surface area contributed by atoms with Crippen LogP contribution < -0.4 is 10.6 Å². The van der Waals surface area contributed by atoms with Gasteiger partial charge in [0.15, 0.2) is 0 Å². The molecule has 2 heterocycles. The van der Waals surface area contributed by atoms with Crippen LogP contribution in [0.3, 0.4) is 0 Å². The number of amides is 4. The molecule has 2 saturated heterocycles. The van der Waals surface area contributed by atoms with E-state index in [9.17, 15) is 19.2 Å². The lowest BCUT2D eigenvalue weighted by atomic mass is 9.90. The summed E-state index contributed by atoms with van der Waals surface area (Å²) < 4.78 is 0. The van der Waals surface area contributed by atoms with Gasteiger partial charge in [-0.15, -0.1) is 0 Å². The standard InChI is InChI=1S/C44H52Cl2N4O4S/c1-25(2)16-39-42(52)48-38(23-50(39)44(54)37-21-35(37)29-10-14-32(46)15-11-29)30-7-5-6-27(19-30)17-26(3)18-40-41(51)47-33(24-55-4)22-49(40)43(53)36-20-34(36)28-8-12-31(45)13-9-28/h5-15,19,25-26,33-40H,16-18,20-24H2,1-4H3,(H,47,51)(H,48,52). The second-order valence-electron chi connectivity index (χ2n) is 16.7. The maximum Gasteiger partial charge on any atom is 0.243 e. The number of thioether (sulfide) groups is 1. The lowest BCUT2D eigenvalue weighted by Gasteiger charge is -2.41. The van der Waals surface area contributed by atoms with Gasteiger partial charge in [-0.2, -0.15) is 11.8 Å². The molecule has 8 nitrogen and oxygen atoms in total. The lowest BCUT2D eigenvalue weighted by Crippen LogP contribution is -2.63. The SMILES string of the molecule is CSCC1CN(C(=O)C2CC2c2ccc(Cl)cc2)C(CC(C)Cc2cccc(C3CN(C(=O)C4CC4c4ccc(Cl)cc4)C(CC(C)C)C(=O)N3)c2)C(=O)N1. The number of benzene rings is 3. The van der Waals surface area contributed by atoms with Gasteiger partial charge in [0.25, 0.3) is 0 Å². The van der Waals surface area contributed by atoms with Crippen LogP contribution in [0.2, 0.25) is 10.0 Å². The Labute approximate surface area is 339 Å². The number of carbonyl (C=O) groups excluding carboxylic acids is 4. The van der Waals surface area contributed by atoms with Crippen molar-refractivity contribution in [1.29, 1.82) is 0 Å². The third kappa shape index (κ3) is 9.21. The molecule has 11 heteroatoms. The first kappa shape index (κ1) is 39.7. The minimum atomic E-state index is -0.538. The van der Waals surface area contributed by atoms with Crippen LogP contribution in [-0.4, -0.2) is 76.7 Å². The zero-order chi connectivity index (χ0) is 39.0. The van der Waals surface area contributed by atoms with Gasteiger partial charge in [0.2, 0.25) is 23.6 Å². The average molecular weight is 804 g/mol. The summed E-state index contributed by atoms with van der Waals surface area (Å²) in [6.45, 7) is 7.23. The Hall–Kier alpha value is -3.53. The zero-order valence-corrected chi connectivity index (χ0v) is 34.4. The summed E-state index contributed by atoms with van der Waals surface area (Å²) in [7, 11) is 0. The molecule has 0 aromatic heterocycles. The molecular formula is C44H52Cl2N4O4S. The van der Waals surface area contributed by atoms with Crippen LogP contribution in [0, 0.1) is 23.7 Å². The van der Waals surface area contributed by atoms with E-state index in [0.717, 1.165) is 40.8 Å². The van der Waals surface area contributed by atoms with Gasteiger partial charge < -0.3 is 20.4 Å².